The van der Waals surface area contributed by atoms with E-state index in [1.54, 1.807) is 12.3 Å². The van der Waals surface area contributed by atoms with Crippen LogP contribution in [-0.4, -0.2) is 16.1 Å². The molecule has 0 amide bonds. The number of nitrogens with zero attached hydrogens (tertiary/aromatic N) is 2. The summed E-state index contributed by atoms with van der Waals surface area (Å²) in [4.78, 5) is 18.4. The third kappa shape index (κ3) is 4.81. The number of aromatic nitrogens is 1. The molecule has 4 nitrogen and oxygen atoms in total. The Kier molecular flexibility index (Phi) is 6.08. The quantitative estimate of drug-likeness (QED) is 0.410. The minimum Gasteiger partial charge on any atom is -0.478 e. The molecule has 0 unspecified atom stereocenters. The first-order valence-corrected chi connectivity index (χ1v) is 10.2. The molecule has 0 fully saturated rings. The van der Waals surface area contributed by atoms with Crippen LogP contribution in [0.1, 0.15) is 27.0 Å². The van der Waals surface area contributed by atoms with Crippen LogP contribution in [0, 0.1) is 6.92 Å². The number of carbonyl (C=O) groups is 1. The van der Waals surface area contributed by atoms with Gasteiger partial charge in [-0.3, -0.25) is 4.98 Å². The zero-order chi connectivity index (χ0) is 21.6. The number of hydrogen-bond acceptors (Lipinski definition) is 3. The summed E-state index contributed by atoms with van der Waals surface area (Å²) in [5.41, 5.74) is 6.32. The maximum Gasteiger partial charge on any atom is 0.336 e. The average molecular weight is 409 g/mol. The van der Waals surface area contributed by atoms with Gasteiger partial charge in [0.1, 0.15) is 0 Å². The summed E-state index contributed by atoms with van der Waals surface area (Å²) in [5.74, 6) is -0.918. The standard InChI is InChI=1S/C27H24N2O2/c1-20-8-5-6-12-24(20)26-16-22(13-14-25(26)27(30)31)19-29(23-11-7-15-28-17-23)18-21-9-3-2-4-10-21/h2-17H,18-19H2,1H3,(H,30,31). The van der Waals surface area contributed by atoms with Gasteiger partial charge in [-0.25, -0.2) is 4.79 Å². The number of carboxylic acid groups (broad SMARTS) is 1. The summed E-state index contributed by atoms with van der Waals surface area (Å²) >= 11 is 0. The van der Waals surface area contributed by atoms with Crippen molar-refractivity contribution in [1.82, 2.24) is 4.98 Å². The van der Waals surface area contributed by atoms with Gasteiger partial charge in [-0.05, 0) is 59.0 Å². The number of anilines is 1. The molecule has 0 bridgehead atoms. The smallest absolute Gasteiger partial charge is 0.336 e. The molecule has 0 spiro atoms. The third-order valence-corrected chi connectivity index (χ3v) is 5.35. The van der Waals surface area contributed by atoms with Crippen molar-refractivity contribution < 1.29 is 9.90 Å². The number of aryl methyl sites for hydroxylation is 1. The third-order valence-electron chi connectivity index (χ3n) is 5.35. The van der Waals surface area contributed by atoms with Gasteiger partial charge in [0, 0.05) is 19.3 Å². The van der Waals surface area contributed by atoms with Crippen LogP contribution < -0.4 is 4.90 Å². The van der Waals surface area contributed by atoms with E-state index in [2.05, 4.69) is 22.0 Å². The summed E-state index contributed by atoms with van der Waals surface area (Å²) in [6, 6.07) is 27.8. The highest BCUT2D eigenvalue weighted by atomic mass is 16.4. The van der Waals surface area contributed by atoms with Crippen LogP contribution in [0.25, 0.3) is 11.1 Å². The van der Waals surface area contributed by atoms with E-state index in [0.29, 0.717) is 12.1 Å². The Labute approximate surface area is 182 Å². The van der Waals surface area contributed by atoms with Gasteiger partial charge in [0.05, 0.1) is 17.4 Å². The van der Waals surface area contributed by atoms with Crippen molar-refractivity contribution in [1.29, 1.82) is 0 Å². The van der Waals surface area contributed by atoms with E-state index in [9.17, 15) is 9.90 Å². The van der Waals surface area contributed by atoms with Crippen molar-refractivity contribution in [3.05, 3.63) is 120 Å². The zero-order valence-corrected chi connectivity index (χ0v) is 17.4. The van der Waals surface area contributed by atoms with Gasteiger partial charge in [0.2, 0.25) is 0 Å². The Bertz CT molecular complexity index is 1170. The Balaban J connectivity index is 1.72. The highest BCUT2D eigenvalue weighted by molar-refractivity contribution is 5.96. The summed E-state index contributed by atoms with van der Waals surface area (Å²) in [6.07, 6.45) is 3.62. The van der Waals surface area contributed by atoms with Gasteiger partial charge < -0.3 is 10.0 Å². The van der Waals surface area contributed by atoms with Crippen LogP contribution in [0.4, 0.5) is 5.69 Å². The summed E-state index contributed by atoms with van der Waals surface area (Å²) in [6.45, 7) is 3.37. The maximum absolute atomic E-state index is 11.9. The fourth-order valence-electron chi connectivity index (χ4n) is 3.78. The Morgan fingerprint density at radius 1 is 0.839 bits per heavy atom. The van der Waals surface area contributed by atoms with Gasteiger partial charge in [0.15, 0.2) is 0 Å². The van der Waals surface area contributed by atoms with Crippen molar-refractivity contribution >= 4 is 11.7 Å². The van der Waals surface area contributed by atoms with Crippen molar-refractivity contribution in [2.45, 2.75) is 20.0 Å². The van der Waals surface area contributed by atoms with Gasteiger partial charge in [0.25, 0.3) is 0 Å². The number of pyridine rings is 1. The summed E-state index contributed by atoms with van der Waals surface area (Å²) < 4.78 is 0. The molecule has 4 rings (SSSR count). The van der Waals surface area contributed by atoms with Crippen LogP contribution >= 0.6 is 0 Å². The fraction of sp³-hybridized carbons (Fsp3) is 0.111. The second-order valence-corrected chi connectivity index (χ2v) is 7.55. The molecule has 0 aliphatic heterocycles. The minimum absolute atomic E-state index is 0.314. The fourth-order valence-corrected chi connectivity index (χ4v) is 3.78. The average Bonchev–Trinajstić information content (AvgIpc) is 2.80. The van der Waals surface area contributed by atoms with Crippen molar-refractivity contribution in [2.24, 2.45) is 0 Å². The van der Waals surface area contributed by atoms with E-state index in [0.717, 1.165) is 34.5 Å². The molecule has 31 heavy (non-hydrogen) atoms. The molecule has 0 radical (unpaired) electrons. The monoisotopic (exact) mass is 408 g/mol. The molecule has 3 aromatic carbocycles. The van der Waals surface area contributed by atoms with Crippen LogP contribution in [0.15, 0.2) is 97.3 Å². The maximum atomic E-state index is 11.9. The number of benzene rings is 3. The van der Waals surface area contributed by atoms with Crippen LogP contribution in [-0.2, 0) is 13.1 Å². The second-order valence-electron chi connectivity index (χ2n) is 7.55. The first-order valence-electron chi connectivity index (χ1n) is 10.2. The van der Waals surface area contributed by atoms with Crippen LogP contribution in [0.5, 0.6) is 0 Å². The van der Waals surface area contributed by atoms with Gasteiger partial charge in [-0.2, -0.15) is 0 Å². The molecule has 1 heterocycles. The molecule has 0 saturated carbocycles. The SMILES string of the molecule is Cc1ccccc1-c1cc(CN(Cc2ccccc2)c2cccnc2)ccc1C(=O)O. The molecular weight excluding hydrogens is 384 g/mol. The van der Waals surface area contributed by atoms with Crippen LogP contribution in [0.2, 0.25) is 0 Å². The number of aromatic carboxylic acids is 1. The second kappa shape index (κ2) is 9.26. The Morgan fingerprint density at radius 3 is 2.29 bits per heavy atom. The van der Waals surface area contributed by atoms with Crippen molar-refractivity contribution in [2.75, 3.05) is 4.90 Å². The van der Waals surface area contributed by atoms with E-state index >= 15 is 0 Å². The number of carboxylic acids is 1. The molecule has 1 N–H and O–H groups in total. The normalized spacial score (nSPS) is 10.6. The molecule has 4 aromatic rings. The molecule has 0 saturated heterocycles. The zero-order valence-electron chi connectivity index (χ0n) is 17.4. The summed E-state index contributed by atoms with van der Waals surface area (Å²) in [5, 5.41) is 9.74. The van der Waals surface area contributed by atoms with Crippen molar-refractivity contribution in [3.63, 3.8) is 0 Å². The van der Waals surface area contributed by atoms with E-state index in [-0.39, 0.29) is 0 Å². The van der Waals surface area contributed by atoms with Crippen LogP contribution in [0.3, 0.4) is 0 Å². The first-order chi connectivity index (χ1) is 15.1. The molecule has 0 atom stereocenters. The predicted octanol–water partition coefficient (Wildman–Crippen LogP) is 5.96. The molecular formula is C27H24N2O2. The topological polar surface area (TPSA) is 53.4 Å². The van der Waals surface area contributed by atoms with E-state index in [1.165, 1.54) is 5.56 Å². The number of hydrogen-bond donors (Lipinski definition) is 1. The lowest BCUT2D eigenvalue weighted by molar-refractivity contribution is 0.0697. The lowest BCUT2D eigenvalue weighted by atomic mass is 9.94. The Hall–Kier alpha value is -3.92. The Morgan fingerprint density at radius 2 is 1.58 bits per heavy atom. The highest BCUT2D eigenvalue weighted by Gasteiger charge is 2.16. The van der Waals surface area contributed by atoms with E-state index < -0.39 is 5.97 Å². The van der Waals surface area contributed by atoms with Crippen molar-refractivity contribution in [3.8, 4) is 11.1 Å². The highest BCUT2D eigenvalue weighted by Crippen LogP contribution is 2.29. The molecule has 1 aromatic heterocycles. The van der Waals surface area contributed by atoms with Gasteiger partial charge in [-0.15, -0.1) is 0 Å². The van der Waals surface area contributed by atoms with E-state index in [1.807, 2.05) is 79.9 Å². The van der Waals surface area contributed by atoms with Gasteiger partial charge >= 0.3 is 5.97 Å². The lowest BCUT2D eigenvalue weighted by Gasteiger charge is -2.25. The van der Waals surface area contributed by atoms with E-state index in [4.69, 9.17) is 0 Å². The largest absolute Gasteiger partial charge is 0.478 e. The molecule has 4 heteroatoms. The number of rotatable bonds is 7. The first kappa shape index (κ1) is 20.4. The lowest BCUT2D eigenvalue weighted by Crippen LogP contribution is -2.22. The molecule has 0 aliphatic rings. The predicted molar refractivity (Wildman–Crippen MR) is 124 cm³/mol. The molecule has 0 aliphatic carbocycles. The summed E-state index contributed by atoms with van der Waals surface area (Å²) in [7, 11) is 0. The van der Waals surface area contributed by atoms with Gasteiger partial charge in [-0.1, -0.05) is 60.7 Å². The minimum atomic E-state index is -0.918. The molecule has 154 valence electrons.